The van der Waals surface area contributed by atoms with Gasteiger partial charge < -0.3 is 9.80 Å². The number of amides is 2. The van der Waals surface area contributed by atoms with E-state index in [4.69, 9.17) is 0 Å². The van der Waals surface area contributed by atoms with Gasteiger partial charge >= 0.3 is 0 Å². The fraction of sp³-hybridized carbons (Fsp3) is 0.381. The number of rotatable bonds is 4. The van der Waals surface area contributed by atoms with Crippen molar-refractivity contribution in [2.24, 2.45) is 11.8 Å². The number of carbonyl (C=O) groups excluding carboxylic acids is 2. The summed E-state index contributed by atoms with van der Waals surface area (Å²) >= 11 is 0. The fourth-order valence-electron chi connectivity index (χ4n) is 4.09. The Hall–Kier alpha value is -2.69. The third-order valence-corrected chi connectivity index (χ3v) is 5.52. The highest BCUT2D eigenvalue weighted by atomic mass is 16.2. The molecule has 5 heteroatoms. The largest absolute Gasteiger partial charge is 0.342 e. The summed E-state index contributed by atoms with van der Waals surface area (Å²) in [6.45, 7) is 3.04. The highest BCUT2D eigenvalue weighted by Crippen LogP contribution is 2.32. The van der Waals surface area contributed by atoms with Gasteiger partial charge in [0.05, 0.1) is 0 Å². The molecule has 0 spiro atoms. The molecule has 2 aromatic rings. The van der Waals surface area contributed by atoms with E-state index in [0.717, 1.165) is 32.6 Å². The second-order valence-electron chi connectivity index (χ2n) is 7.25. The van der Waals surface area contributed by atoms with Crippen LogP contribution >= 0.6 is 0 Å². The molecular formula is C21H23N3O2. The van der Waals surface area contributed by atoms with Gasteiger partial charge in [0, 0.05) is 62.4 Å². The molecule has 0 aliphatic carbocycles. The Morgan fingerprint density at radius 3 is 2.15 bits per heavy atom. The lowest BCUT2D eigenvalue weighted by Crippen LogP contribution is -2.35. The van der Waals surface area contributed by atoms with Gasteiger partial charge in [-0.15, -0.1) is 0 Å². The average molecular weight is 349 g/mol. The van der Waals surface area contributed by atoms with E-state index in [1.54, 1.807) is 24.5 Å². The first-order valence-electron chi connectivity index (χ1n) is 9.21. The summed E-state index contributed by atoms with van der Waals surface area (Å²) in [5.74, 6) is 1.11. The molecule has 134 valence electrons. The molecule has 0 saturated carbocycles. The minimum Gasteiger partial charge on any atom is -0.342 e. The second-order valence-corrected chi connectivity index (χ2v) is 7.25. The van der Waals surface area contributed by atoms with E-state index in [0.29, 0.717) is 23.8 Å². The molecule has 0 N–H and O–H groups in total. The Kier molecular flexibility index (Phi) is 4.69. The van der Waals surface area contributed by atoms with Crippen LogP contribution in [0.15, 0.2) is 54.9 Å². The van der Waals surface area contributed by atoms with E-state index in [9.17, 15) is 9.59 Å². The lowest BCUT2D eigenvalue weighted by atomic mass is 10.0. The summed E-state index contributed by atoms with van der Waals surface area (Å²) in [5.41, 5.74) is 1.89. The topological polar surface area (TPSA) is 53.5 Å². The average Bonchev–Trinajstić information content (AvgIpc) is 3.26. The fourth-order valence-corrected chi connectivity index (χ4v) is 4.09. The van der Waals surface area contributed by atoms with Gasteiger partial charge in [-0.3, -0.25) is 14.6 Å². The molecule has 0 bridgehead atoms. The lowest BCUT2D eigenvalue weighted by molar-refractivity contribution is -0.130. The Labute approximate surface area is 153 Å². The van der Waals surface area contributed by atoms with Crippen LogP contribution in [0, 0.1) is 11.8 Å². The number of hydrogen-bond donors (Lipinski definition) is 0. The van der Waals surface area contributed by atoms with Crippen LogP contribution in [0.4, 0.5) is 0 Å². The van der Waals surface area contributed by atoms with Gasteiger partial charge in [0.2, 0.25) is 5.91 Å². The Balaban J connectivity index is 1.29. The number of pyridine rings is 1. The number of nitrogens with zero attached hydrogens (tertiary/aromatic N) is 3. The van der Waals surface area contributed by atoms with Crippen molar-refractivity contribution in [1.82, 2.24) is 14.8 Å². The van der Waals surface area contributed by atoms with Gasteiger partial charge in [0.25, 0.3) is 5.91 Å². The number of benzene rings is 1. The summed E-state index contributed by atoms with van der Waals surface area (Å²) in [5, 5.41) is 0. The maximum Gasteiger partial charge on any atom is 0.253 e. The second kappa shape index (κ2) is 7.28. The van der Waals surface area contributed by atoms with E-state index in [1.807, 2.05) is 28.0 Å². The van der Waals surface area contributed by atoms with Crippen LogP contribution in [0.2, 0.25) is 0 Å². The molecule has 2 fully saturated rings. The van der Waals surface area contributed by atoms with Crippen molar-refractivity contribution in [1.29, 1.82) is 0 Å². The maximum absolute atomic E-state index is 12.6. The van der Waals surface area contributed by atoms with Crippen molar-refractivity contribution in [3.8, 4) is 0 Å². The van der Waals surface area contributed by atoms with Crippen LogP contribution in [0.5, 0.6) is 0 Å². The summed E-state index contributed by atoms with van der Waals surface area (Å²) in [7, 11) is 0. The summed E-state index contributed by atoms with van der Waals surface area (Å²) in [6, 6.07) is 13.7. The zero-order valence-electron chi connectivity index (χ0n) is 14.8. The van der Waals surface area contributed by atoms with Gasteiger partial charge in [0.1, 0.15) is 0 Å². The minimum absolute atomic E-state index is 0.0729. The molecule has 5 nitrogen and oxygen atoms in total. The first-order valence-corrected chi connectivity index (χ1v) is 9.21. The van der Waals surface area contributed by atoms with Gasteiger partial charge in [-0.2, -0.15) is 0 Å². The van der Waals surface area contributed by atoms with Crippen molar-refractivity contribution in [2.45, 2.75) is 12.8 Å². The van der Waals surface area contributed by atoms with Crippen molar-refractivity contribution in [3.63, 3.8) is 0 Å². The smallest absolute Gasteiger partial charge is 0.253 e. The van der Waals surface area contributed by atoms with Crippen LogP contribution in [0.3, 0.4) is 0 Å². The molecule has 2 aliphatic rings. The molecule has 1 aromatic heterocycles. The third kappa shape index (κ3) is 3.47. The molecule has 2 atom stereocenters. The zero-order chi connectivity index (χ0) is 17.9. The van der Waals surface area contributed by atoms with Crippen molar-refractivity contribution >= 4 is 11.8 Å². The standard InChI is InChI=1S/C21H23N3O2/c25-20(7-6-16-4-2-1-3-5-16)23-12-18-14-24(15-19(18)13-23)21(26)17-8-10-22-11-9-17/h1-5,8-11,18-19H,6-7,12-15H2. The summed E-state index contributed by atoms with van der Waals surface area (Å²) < 4.78 is 0. The molecule has 0 radical (unpaired) electrons. The van der Waals surface area contributed by atoms with Crippen LogP contribution in [0.1, 0.15) is 22.3 Å². The Bertz CT molecular complexity index is 764. The van der Waals surface area contributed by atoms with Crippen molar-refractivity contribution in [2.75, 3.05) is 26.2 Å². The Morgan fingerprint density at radius 2 is 1.50 bits per heavy atom. The molecule has 1 aromatic carbocycles. The molecular weight excluding hydrogens is 326 g/mol. The normalized spacial score (nSPS) is 21.7. The molecule has 3 heterocycles. The molecule has 2 aliphatic heterocycles. The molecule has 2 amide bonds. The number of hydrogen-bond acceptors (Lipinski definition) is 3. The zero-order valence-corrected chi connectivity index (χ0v) is 14.8. The van der Waals surface area contributed by atoms with E-state index < -0.39 is 0 Å². The van der Waals surface area contributed by atoms with Crippen LogP contribution in [-0.2, 0) is 11.2 Å². The van der Waals surface area contributed by atoms with Crippen molar-refractivity contribution in [3.05, 3.63) is 66.0 Å². The molecule has 2 unspecified atom stereocenters. The number of carbonyl (C=O) groups is 2. The summed E-state index contributed by atoms with van der Waals surface area (Å²) in [4.78, 5) is 33.0. The van der Waals surface area contributed by atoms with Gasteiger partial charge in [-0.05, 0) is 24.1 Å². The van der Waals surface area contributed by atoms with Gasteiger partial charge in [0.15, 0.2) is 0 Å². The van der Waals surface area contributed by atoms with Crippen molar-refractivity contribution < 1.29 is 9.59 Å². The van der Waals surface area contributed by atoms with Crippen LogP contribution in [0.25, 0.3) is 0 Å². The third-order valence-electron chi connectivity index (χ3n) is 5.52. The number of likely N-dealkylation sites (tertiary alicyclic amines) is 2. The van der Waals surface area contributed by atoms with Gasteiger partial charge in [-0.25, -0.2) is 0 Å². The summed E-state index contributed by atoms with van der Waals surface area (Å²) in [6.07, 6.45) is 4.65. The first-order chi connectivity index (χ1) is 12.7. The molecule has 26 heavy (non-hydrogen) atoms. The highest BCUT2D eigenvalue weighted by molar-refractivity contribution is 5.94. The molecule has 2 saturated heterocycles. The maximum atomic E-state index is 12.6. The van der Waals surface area contributed by atoms with E-state index in [1.165, 1.54) is 5.56 Å². The van der Waals surface area contributed by atoms with E-state index in [-0.39, 0.29) is 11.8 Å². The highest BCUT2D eigenvalue weighted by Gasteiger charge is 2.42. The Morgan fingerprint density at radius 1 is 0.885 bits per heavy atom. The van der Waals surface area contributed by atoms with E-state index >= 15 is 0 Å². The quantitative estimate of drug-likeness (QED) is 0.851. The van der Waals surface area contributed by atoms with Crippen LogP contribution in [-0.4, -0.2) is 52.8 Å². The van der Waals surface area contributed by atoms with Crippen LogP contribution < -0.4 is 0 Å². The lowest BCUT2D eigenvalue weighted by Gasteiger charge is -2.22. The molecule has 4 rings (SSSR count). The number of fused-ring (bicyclic) bond motifs is 1. The number of aryl methyl sites for hydroxylation is 1. The van der Waals surface area contributed by atoms with Gasteiger partial charge in [-0.1, -0.05) is 30.3 Å². The first kappa shape index (κ1) is 16.8. The predicted octanol–water partition coefficient (Wildman–Crippen LogP) is 2.24. The predicted molar refractivity (Wildman–Crippen MR) is 98.5 cm³/mol. The van der Waals surface area contributed by atoms with E-state index in [2.05, 4.69) is 17.1 Å². The SMILES string of the molecule is O=C(CCc1ccccc1)N1CC2CN(C(=O)c3ccncc3)CC2C1. The number of aromatic nitrogens is 1. The monoisotopic (exact) mass is 349 g/mol. The minimum atomic E-state index is 0.0729.